The van der Waals surface area contributed by atoms with Crippen molar-refractivity contribution in [1.82, 2.24) is 10.2 Å². The number of aliphatic hydroxyl groups excluding tert-OH is 2. The Morgan fingerprint density at radius 1 is 0.525 bits per heavy atom. The molecule has 0 aromatic rings. The monoisotopic (exact) mass is 869 g/mol. The number of hydrogen-bond donors (Lipinski definition) is 3. The highest BCUT2D eigenvalue weighted by atomic mass is 16.6. The number of rotatable bonds is 44. The first-order valence-corrected chi connectivity index (χ1v) is 25.8. The van der Waals surface area contributed by atoms with Gasteiger partial charge in [-0.25, -0.2) is 4.79 Å². The smallest absolute Gasteiger partial charge is 0.407 e. The fraction of sp³-hybridized carbons (Fsp3) is 0.941. The zero-order valence-electron chi connectivity index (χ0n) is 40.9. The van der Waals surface area contributed by atoms with Crippen LogP contribution in [-0.4, -0.2) is 89.8 Å². The van der Waals surface area contributed by atoms with Crippen molar-refractivity contribution >= 4 is 18.0 Å². The number of carbonyl (C=O) groups is 3. The van der Waals surface area contributed by atoms with Crippen molar-refractivity contribution < 1.29 is 38.8 Å². The van der Waals surface area contributed by atoms with Crippen molar-refractivity contribution in [3.63, 3.8) is 0 Å². The van der Waals surface area contributed by atoms with Gasteiger partial charge in [0.2, 0.25) is 0 Å². The van der Waals surface area contributed by atoms with Crippen LogP contribution in [-0.2, 0) is 23.8 Å². The van der Waals surface area contributed by atoms with Crippen LogP contribution in [0.5, 0.6) is 0 Å². The summed E-state index contributed by atoms with van der Waals surface area (Å²) in [7, 11) is 0. The summed E-state index contributed by atoms with van der Waals surface area (Å²) in [6.45, 7) is 14.7. The van der Waals surface area contributed by atoms with Gasteiger partial charge < -0.3 is 29.7 Å². The van der Waals surface area contributed by atoms with Gasteiger partial charge in [-0.2, -0.15) is 0 Å². The molecule has 2 atom stereocenters. The number of aliphatic hydroxyl groups is 2. The standard InChI is InChI=1S/C51H100N2O8/c1-7-10-13-16-19-20-21-24-32-42-59-48(56)39-33-35-46(55)44-53(41-31-30-40-52-50(58)61-51(4,5)6)43-45(54)34-26-25-29-38-49(57)60-47(36-27-22-17-14-11-8-2)37-28-23-18-15-12-9-3/h45-47,54-55H,7-44H2,1-6H3,(H,52,58). The molecule has 0 fully saturated rings. The highest BCUT2D eigenvalue weighted by Gasteiger charge is 2.19. The highest BCUT2D eigenvalue weighted by Crippen LogP contribution is 2.19. The van der Waals surface area contributed by atoms with E-state index in [0.717, 1.165) is 70.6 Å². The summed E-state index contributed by atoms with van der Waals surface area (Å²) < 4.78 is 16.8. The minimum absolute atomic E-state index is 0.0318. The lowest BCUT2D eigenvalue weighted by Crippen LogP contribution is -2.39. The summed E-state index contributed by atoms with van der Waals surface area (Å²) in [5.41, 5.74) is -0.552. The first-order valence-electron chi connectivity index (χ1n) is 25.8. The molecule has 0 aliphatic carbocycles. The molecule has 0 saturated heterocycles. The maximum atomic E-state index is 12.9. The molecule has 2 unspecified atom stereocenters. The van der Waals surface area contributed by atoms with E-state index in [1.54, 1.807) is 0 Å². The predicted octanol–water partition coefficient (Wildman–Crippen LogP) is 12.9. The Labute approximate surface area is 376 Å². The van der Waals surface area contributed by atoms with E-state index in [1.165, 1.54) is 109 Å². The van der Waals surface area contributed by atoms with E-state index in [2.05, 4.69) is 31.0 Å². The van der Waals surface area contributed by atoms with Crippen LogP contribution in [0, 0.1) is 0 Å². The number of unbranched alkanes of at least 4 members (excludes halogenated alkanes) is 21. The quantitative estimate of drug-likeness (QED) is 0.0311. The molecule has 10 nitrogen and oxygen atoms in total. The average Bonchev–Trinajstić information content (AvgIpc) is 3.20. The molecule has 0 aromatic heterocycles. The van der Waals surface area contributed by atoms with Crippen molar-refractivity contribution in [2.45, 2.75) is 277 Å². The van der Waals surface area contributed by atoms with Gasteiger partial charge in [-0.05, 0) is 97.9 Å². The number of carbonyl (C=O) groups excluding carboxylic acids is 3. The lowest BCUT2D eigenvalue weighted by molar-refractivity contribution is -0.150. The van der Waals surface area contributed by atoms with Gasteiger partial charge >= 0.3 is 18.0 Å². The van der Waals surface area contributed by atoms with Gasteiger partial charge in [-0.3, -0.25) is 14.5 Å². The zero-order valence-corrected chi connectivity index (χ0v) is 40.9. The van der Waals surface area contributed by atoms with Crippen molar-refractivity contribution in [3.8, 4) is 0 Å². The van der Waals surface area contributed by atoms with E-state index >= 15 is 0 Å². The molecule has 0 aliphatic heterocycles. The number of alkyl carbamates (subject to hydrolysis) is 1. The van der Waals surface area contributed by atoms with Gasteiger partial charge in [0.15, 0.2) is 0 Å². The van der Waals surface area contributed by atoms with E-state index < -0.39 is 23.9 Å². The molecular weight excluding hydrogens is 769 g/mol. The van der Waals surface area contributed by atoms with Crippen molar-refractivity contribution in [2.24, 2.45) is 0 Å². The SMILES string of the molecule is CCCCCCCCCCCOC(=O)CCCC(O)CN(CCCCNC(=O)OC(C)(C)C)CC(O)CCCCCC(=O)OC(CCCCCCCC)CCCCCCCC. The second-order valence-electron chi connectivity index (χ2n) is 19.0. The molecule has 0 aliphatic rings. The lowest BCUT2D eigenvalue weighted by atomic mass is 10.0. The Balaban J connectivity index is 4.73. The molecule has 0 spiro atoms. The molecule has 0 radical (unpaired) electrons. The molecule has 10 heteroatoms. The number of nitrogens with zero attached hydrogens (tertiary/aromatic N) is 1. The maximum absolute atomic E-state index is 12.9. The van der Waals surface area contributed by atoms with Gasteiger partial charge in [-0.15, -0.1) is 0 Å². The van der Waals surface area contributed by atoms with Gasteiger partial charge in [0.25, 0.3) is 0 Å². The molecule has 0 heterocycles. The summed E-state index contributed by atoms with van der Waals surface area (Å²) in [4.78, 5) is 39.3. The van der Waals surface area contributed by atoms with Crippen LogP contribution in [0.15, 0.2) is 0 Å². The minimum atomic E-state index is -0.630. The second-order valence-corrected chi connectivity index (χ2v) is 19.0. The Morgan fingerprint density at radius 2 is 0.967 bits per heavy atom. The Kier molecular flexibility index (Phi) is 40.7. The van der Waals surface area contributed by atoms with Crippen LogP contribution in [0.4, 0.5) is 4.79 Å². The maximum Gasteiger partial charge on any atom is 0.407 e. The number of amides is 1. The molecule has 61 heavy (non-hydrogen) atoms. The lowest BCUT2D eigenvalue weighted by Gasteiger charge is -2.27. The summed E-state index contributed by atoms with van der Waals surface area (Å²) >= 11 is 0. The van der Waals surface area contributed by atoms with Gasteiger partial charge in [0, 0.05) is 32.5 Å². The number of esters is 2. The third kappa shape index (κ3) is 43.1. The number of ether oxygens (including phenoxy) is 3. The molecule has 0 bridgehead atoms. The topological polar surface area (TPSA) is 135 Å². The molecule has 0 aromatic carbocycles. The largest absolute Gasteiger partial charge is 0.466 e. The van der Waals surface area contributed by atoms with E-state index in [4.69, 9.17) is 14.2 Å². The first-order chi connectivity index (χ1) is 29.4. The van der Waals surface area contributed by atoms with Crippen LogP contribution in [0.1, 0.15) is 253 Å². The predicted molar refractivity (Wildman–Crippen MR) is 253 cm³/mol. The fourth-order valence-electron chi connectivity index (χ4n) is 7.79. The number of nitrogens with one attached hydrogen (secondary N) is 1. The number of hydrogen-bond acceptors (Lipinski definition) is 9. The van der Waals surface area contributed by atoms with E-state index in [0.29, 0.717) is 64.9 Å². The molecule has 0 saturated carbocycles. The van der Waals surface area contributed by atoms with Crippen LogP contribution < -0.4 is 5.32 Å². The Hall–Kier alpha value is -1.91. The molecule has 1 amide bonds. The summed E-state index contributed by atoms with van der Waals surface area (Å²) in [6.07, 6.45) is 32.5. The Bertz CT molecular complexity index is 989. The van der Waals surface area contributed by atoms with Crippen LogP contribution in [0.2, 0.25) is 0 Å². The fourth-order valence-corrected chi connectivity index (χ4v) is 7.79. The zero-order chi connectivity index (χ0) is 45.2. The Morgan fingerprint density at radius 3 is 1.49 bits per heavy atom. The van der Waals surface area contributed by atoms with E-state index in [1.807, 2.05) is 20.8 Å². The molecular formula is C51H100N2O8. The van der Waals surface area contributed by atoms with Gasteiger partial charge in [0.05, 0.1) is 18.8 Å². The summed E-state index contributed by atoms with van der Waals surface area (Å²) in [5.74, 6) is -0.290. The summed E-state index contributed by atoms with van der Waals surface area (Å²) in [6, 6.07) is 0. The molecule has 362 valence electrons. The summed E-state index contributed by atoms with van der Waals surface area (Å²) in [5, 5.41) is 24.8. The average molecular weight is 869 g/mol. The highest BCUT2D eigenvalue weighted by molar-refractivity contribution is 5.69. The molecule has 0 rings (SSSR count). The normalized spacial score (nSPS) is 12.8. The van der Waals surface area contributed by atoms with Gasteiger partial charge in [0.1, 0.15) is 11.7 Å². The molecule has 3 N–H and O–H groups in total. The van der Waals surface area contributed by atoms with Crippen LogP contribution in [0.3, 0.4) is 0 Å². The van der Waals surface area contributed by atoms with Crippen molar-refractivity contribution in [1.29, 1.82) is 0 Å². The van der Waals surface area contributed by atoms with E-state index in [9.17, 15) is 24.6 Å². The minimum Gasteiger partial charge on any atom is -0.466 e. The van der Waals surface area contributed by atoms with Gasteiger partial charge in [-0.1, -0.05) is 149 Å². The third-order valence-electron chi connectivity index (χ3n) is 11.4. The second kappa shape index (κ2) is 42.1. The van der Waals surface area contributed by atoms with Crippen molar-refractivity contribution in [3.05, 3.63) is 0 Å². The van der Waals surface area contributed by atoms with Crippen LogP contribution in [0.25, 0.3) is 0 Å². The van der Waals surface area contributed by atoms with Crippen molar-refractivity contribution in [2.75, 3.05) is 32.8 Å². The third-order valence-corrected chi connectivity index (χ3v) is 11.4. The first kappa shape index (κ1) is 59.1. The van der Waals surface area contributed by atoms with Crippen LogP contribution >= 0.6 is 0 Å². The van der Waals surface area contributed by atoms with E-state index in [-0.39, 0.29) is 18.0 Å².